The average Bonchev–Trinajstić information content (AvgIpc) is 2.30. The molecule has 0 aliphatic rings. The van der Waals surface area contributed by atoms with E-state index in [4.69, 9.17) is 5.21 Å². The quantitative estimate of drug-likeness (QED) is 0.610. The van der Waals surface area contributed by atoms with Gasteiger partial charge in [0.25, 0.3) is 0 Å². The minimum absolute atomic E-state index is 0.0926. The van der Waals surface area contributed by atoms with E-state index in [-0.39, 0.29) is 18.1 Å². The number of carbonyl (C=O) groups is 1. The zero-order valence-corrected chi connectivity index (χ0v) is 9.00. The lowest BCUT2D eigenvalue weighted by Gasteiger charge is -2.30. The SMILES string of the molecule is COC(=O)CCC(c1ccccc1)N([O-])O. The van der Waals surface area contributed by atoms with Crippen LogP contribution in [0.25, 0.3) is 0 Å². The molecule has 0 aliphatic heterocycles. The van der Waals surface area contributed by atoms with E-state index < -0.39 is 12.0 Å². The smallest absolute Gasteiger partial charge is 0.305 e. The maximum Gasteiger partial charge on any atom is 0.305 e. The fourth-order valence-corrected chi connectivity index (χ4v) is 1.44. The molecule has 1 aromatic rings. The van der Waals surface area contributed by atoms with Crippen LogP contribution >= 0.6 is 0 Å². The van der Waals surface area contributed by atoms with Crippen molar-refractivity contribution in [1.82, 2.24) is 5.23 Å². The Bertz CT molecular complexity index is 326. The van der Waals surface area contributed by atoms with E-state index in [1.165, 1.54) is 7.11 Å². The van der Waals surface area contributed by atoms with Crippen LogP contribution < -0.4 is 0 Å². The Labute approximate surface area is 93.8 Å². The molecule has 0 heterocycles. The highest BCUT2D eigenvalue weighted by Crippen LogP contribution is 2.23. The predicted molar refractivity (Wildman–Crippen MR) is 57.4 cm³/mol. The molecule has 5 heteroatoms. The number of carbonyl (C=O) groups excluding carboxylic acids is 1. The van der Waals surface area contributed by atoms with Gasteiger partial charge in [-0.1, -0.05) is 30.3 Å². The number of hydroxylamine groups is 2. The van der Waals surface area contributed by atoms with Gasteiger partial charge in [-0.3, -0.25) is 10.0 Å². The fraction of sp³-hybridized carbons (Fsp3) is 0.364. The molecule has 1 rings (SSSR count). The fourth-order valence-electron chi connectivity index (χ4n) is 1.44. The van der Waals surface area contributed by atoms with E-state index in [0.717, 1.165) is 0 Å². The number of rotatable bonds is 5. The molecule has 0 amide bonds. The normalized spacial score (nSPS) is 12.5. The standard InChI is InChI=1S/C11H14NO4/c1-16-11(13)8-7-10(12(14)15)9-5-3-2-4-6-9/h2-6,10,14H,7-8H2,1H3/q-1. The molecule has 1 aromatic carbocycles. The van der Waals surface area contributed by atoms with Gasteiger partial charge in [0.2, 0.25) is 0 Å². The monoisotopic (exact) mass is 224 g/mol. The second-order valence-electron chi connectivity index (χ2n) is 3.34. The van der Waals surface area contributed by atoms with Gasteiger partial charge in [-0.05, 0) is 12.0 Å². The van der Waals surface area contributed by atoms with Crippen molar-refractivity contribution in [2.75, 3.05) is 7.11 Å². The largest absolute Gasteiger partial charge is 0.762 e. The van der Waals surface area contributed by atoms with E-state index in [0.29, 0.717) is 5.56 Å². The van der Waals surface area contributed by atoms with Crippen LogP contribution in [0.1, 0.15) is 24.4 Å². The van der Waals surface area contributed by atoms with Gasteiger partial charge in [0.15, 0.2) is 0 Å². The molecule has 16 heavy (non-hydrogen) atoms. The van der Waals surface area contributed by atoms with Gasteiger partial charge in [0.1, 0.15) is 0 Å². The summed E-state index contributed by atoms with van der Waals surface area (Å²) in [5.74, 6) is -0.400. The van der Waals surface area contributed by atoms with Crippen molar-refractivity contribution in [1.29, 1.82) is 0 Å². The van der Waals surface area contributed by atoms with Crippen LogP contribution in [0.4, 0.5) is 0 Å². The number of benzene rings is 1. The van der Waals surface area contributed by atoms with Crippen LogP contribution in [0.15, 0.2) is 30.3 Å². The van der Waals surface area contributed by atoms with Gasteiger partial charge < -0.3 is 15.2 Å². The van der Waals surface area contributed by atoms with Crippen molar-refractivity contribution in [2.24, 2.45) is 0 Å². The van der Waals surface area contributed by atoms with Gasteiger partial charge in [0, 0.05) is 12.5 Å². The third-order valence-corrected chi connectivity index (χ3v) is 2.30. The van der Waals surface area contributed by atoms with Crippen LogP contribution in [0.2, 0.25) is 0 Å². The summed E-state index contributed by atoms with van der Waals surface area (Å²) in [7, 11) is 1.29. The van der Waals surface area contributed by atoms with Crippen molar-refractivity contribution in [2.45, 2.75) is 18.9 Å². The van der Waals surface area contributed by atoms with Crippen LogP contribution in [-0.2, 0) is 9.53 Å². The highest BCUT2D eigenvalue weighted by molar-refractivity contribution is 5.69. The highest BCUT2D eigenvalue weighted by atomic mass is 16.8. The van der Waals surface area contributed by atoms with E-state index in [2.05, 4.69) is 4.74 Å². The third-order valence-electron chi connectivity index (χ3n) is 2.30. The molecule has 0 saturated heterocycles. The summed E-state index contributed by atoms with van der Waals surface area (Å²) in [4.78, 5) is 10.9. The Balaban J connectivity index is 2.66. The average molecular weight is 224 g/mol. The van der Waals surface area contributed by atoms with E-state index >= 15 is 0 Å². The van der Waals surface area contributed by atoms with Crippen molar-refractivity contribution >= 4 is 5.97 Å². The van der Waals surface area contributed by atoms with Crippen LogP contribution in [0, 0.1) is 5.21 Å². The van der Waals surface area contributed by atoms with Crippen molar-refractivity contribution < 1.29 is 14.7 Å². The van der Waals surface area contributed by atoms with Gasteiger partial charge in [-0.15, -0.1) is 0 Å². The molecule has 88 valence electrons. The Morgan fingerprint density at radius 2 is 2.12 bits per heavy atom. The Morgan fingerprint density at radius 1 is 1.50 bits per heavy atom. The lowest BCUT2D eigenvalue weighted by atomic mass is 10.0. The first-order valence-corrected chi connectivity index (χ1v) is 4.92. The molecule has 0 radical (unpaired) electrons. The zero-order valence-electron chi connectivity index (χ0n) is 9.00. The van der Waals surface area contributed by atoms with Gasteiger partial charge in [-0.25, -0.2) is 0 Å². The molecule has 0 saturated carbocycles. The highest BCUT2D eigenvalue weighted by Gasteiger charge is 2.14. The lowest BCUT2D eigenvalue weighted by Crippen LogP contribution is -2.20. The Kier molecular flexibility index (Phi) is 4.91. The summed E-state index contributed by atoms with van der Waals surface area (Å²) in [6.07, 6.45) is 0.312. The number of methoxy groups -OCH3 is 1. The maximum absolute atomic E-state index is 11.0. The molecule has 1 unspecified atom stereocenters. The van der Waals surface area contributed by atoms with Crippen molar-refractivity contribution in [3.8, 4) is 0 Å². The maximum atomic E-state index is 11.0. The summed E-state index contributed by atoms with van der Waals surface area (Å²) in [6.45, 7) is 0. The minimum Gasteiger partial charge on any atom is -0.762 e. The third kappa shape index (κ3) is 3.62. The summed E-state index contributed by atoms with van der Waals surface area (Å²) < 4.78 is 4.48. The first-order chi connectivity index (χ1) is 7.65. The summed E-state index contributed by atoms with van der Waals surface area (Å²) >= 11 is 0. The van der Waals surface area contributed by atoms with E-state index in [1.54, 1.807) is 24.3 Å². The molecule has 5 nitrogen and oxygen atoms in total. The molecule has 0 fully saturated rings. The van der Waals surface area contributed by atoms with Crippen molar-refractivity contribution in [3.63, 3.8) is 0 Å². The zero-order chi connectivity index (χ0) is 12.0. The topological polar surface area (TPSA) is 72.8 Å². The Morgan fingerprint density at radius 3 is 2.62 bits per heavy atom. The second-order valence-corrected chi connectivity index (χ2v) is 3.34. The molecule has 0 aliphatic carbocycles. The van der Waals surface area contributed by atoms with Gasteiger partial charge >= 0.3 is 5.97 Å². The molecular formula is C11H14NO4-. The van der Waals surface area contributed by atoms with E-state index in [1.807, 2.05) is 6.07 Å². The Hall–Kier alpha value is -1.43. The summed E-state index contributed by atoms with van der Waals surface area (Å²) in [5, 5.41) is 19.8. The minimum atomic E-state index is -0.736. The van der Waals surface area contributed by atoms with Crippen LogP contribution in [-0.4, -0.2) is 23.5 Å². The number of esters is 1. The van der Waals surface area contributed by atoms with E-state index in [9.17, 15) is 10.0 Å². The van der Waals surface area contributed by atoms with Gasteiger partial charge in [0.05, 0.1) is 7.11 Å². The first kappa shape index (κ1) is 12.6. The number of ether oxygens (including phenoxy) is 1. The number of hydrogen-bond donors (Lipinski definition) is 1. The van der Waals surface area contributed by atoms with Crippen LogP contribution in [0.5, 0.6) is 0 Å². The second kappa shape index (κ2) is 6.22. The molecule has 0 aromatic heterocycles. The molecule has 0 spiro atoms. The first-order valence-electron chi connectivity index (χ1n) is 4.92. The van der Waals surface area contributed by atoms with Gasteiger partial charge in [-0.2, -0.15) is 0 Å². The number of hydrogen-bond acceptors (Lipinski definition) is 5. The molecule has 0 bridgehead atoms. The summed E-state index contributed by atoms with van der Waals surface area (Å²) in [5.41, 5.74) is 0.670. The molecule has 1 N–H and O–H groups in total. The van der Waals surface area contributed by atoms with Crippen molar-refractivity contribution in [3.05, 3.63) is 41.1 Å². The predicted octanol–water partition coefficient (Wildman–Crippen LogP) is 1.87. The number of nitrogens with zero attached hydrogens (tertiary/aromatic N) is 1. The molecule has 1 atom stereocenters. The van der Waals surface area contributed by atoms with Crippen LogP contribution in [0.3, 0.4) is 0 Å². The molecular weight excluding hydrogens is 210 g/mol. The summed E-state index contributed by atoms with van der Waals surface area (Å²) in [6, 6.07) is 8.06. The lowest BCUT2D eigenvalue weighted by molar-refractivity contribution is -0.142.